The number of primary amides is 1. The maximum atomic E-state index is 12.0. The number of carbonyl (C=O) groups is 2. The van der Waals surface area contributed by atoms with Gasteiger partial charge in [0, 0.05) is 6.54 Å². The first-order valence-electron chi connectivity index (χ1n) is 9.11. The molecule has 3 amide bonds. The second kappa shape index (κ2) is 9.81. The fourth-order valence-corrected chi connectivity index (χ4v) is 2.83. The second-order valence-electron chi connectivity index (χ2n) is 6.18. The van der Waals surface area contributed by atoms with E-state index in [1.165, 1.54) is 0 Å². The Balaban J connectivity index is 1.42. The zero-order chi connectivity index (χ0) is 20.5. The number of fused-ring (bicyclic) bond motifs is 1. The normalized spacial score (nSPS) is 9.93. The molecule has 0 aliphatic heterocycles. The average Bonchev–Trinajstić information content (AvgIpc) is 2.74. The predicted molar refractivity (Wildman–Crippen MR) is 112 cm³/mol. The van der Waals surface area contributed by atoms with Crippen LogP contribution < -0.4 is 21.1 Å². The van der Waals surface area contributed by atoms with Gasteiger partial charge in [0.2, 0.25) is 0 Å². The molecule has 3 aromatic rings. The van der Waals surface area contributed by atoms with Crippen LogP contribution >= 0.6 is 0 Å². The summed E-state index contributed by atoms with van der Waals surface area (Å²) in [6, 6.07) is 20.4. The van der Waals surface area contributed by atoms with Crippen LogP contribution in [0.3, 0.4) is 0 Å². The Morgan fingerprint density at radius 3 is 2.52 bits per heavy atom. The molecule has 6 nitrogen and oxygen atoms in total. The van der Waals surface area contributed by atoms with Crippen LogP contribution in [-0.2, 0) is 6.54 Å². The smallest absolute Gasteiger partial charge is 0.315 e. The summed E-state index contributed by atoms with van der Waals surface area (Å²) in [4.78, 5) is 23.3. The summed E-state index contributed by atoms with van der Waals surface area (Å²) in [5.74, 6) is 5.41. The zero-order valence-corrected chi connectivity index (χ0v) is 15.8. The van der Waals surface area contributed by atoms with Gasteiger partial charge in [0.25, 0.3) is 5.91 Å². The van der Waals surface area contributed by atoms with Crippen LogP contribution in [0.1, 0.15) is 15.9 Å². The highest BCUT2D eigenvalue weighted by atomic mass is 16.5. The van der Waals surface area contributed by atoms with Crippen molar-refractivity contribution < 1.29 is 14.3 Å². The first-order chi connectivity index (χ1) is 14.1. The van der Waals surface area contributed by atoms with Crippen LogP contribution in [0.5, 0.6) is 5.75 Å². The number of ether oxygens (including phenoxy) is 1. The van der Waals surface area contributed by atoms with Gasteiger partial charge in [-0.1, -0.05) is 66.4 Å². The van der Waals surface area contributed by atoms with Crippen LogP contribution in [0, 0.1) is 11.8 Å². The van der Waals surface area contributed by atoms with Crippen molar-refractivity contribution >= 4 is 22.7 Å². The standard InChI is InChI=1S/C23H21N3O3/c24-22(27)20-12-3-4-13-21(20)29-15-6-5-14-25-23(28)26-16-18-10-7-9-17-8-1-2-11-19(17)18/h1-4,7-13H,14-16H2,(H2,24,27)(H2,25,26,28). The molecule has 0 saturated carbocycles. The van der Waals surface area contributed by atoms with E-state index < -0.39 is 5.91 Å². The first-order valence-corrected chi connectivity index (χ1v) is 9.11. The van der Waals surface area contributed by atoms with Gasteiger partial charge in [0.05, 0.1) is 12.1 Å². The Morgan fingerprint density at radius 2 is 1.66 bits per heavy atom. The summed E-state index contributed by atoms with van der Waals surface area (Å²) in [7, 11) is 0. The lowest BCUT2D eigenvalue weighted by molar-refractivity contribution is 0.0997. The van der Waals surface area contributed by atoms with Gasteiger partial charge in [0.1, 0.15) is 12.4 Å². The van der Waals surface area contributed by atoms with Gasteiger partial charge in [-0.2, -0.15) is 0 Å². The maximum absolute atomic E-state index is 12.0. The molecule has 29 heavy (non-hydrogen) atoms. The summed E-state index contributed by atoms with van der Waals surface area (Å²) in [6.07, 6.45) is 0. The molecule has 146 valence electrons. The highest BCUT2D eigenvalue weighted by Crippen LogP contribution is 2.18. The topological polar surface area (TPSA) is 93.5 Å². The van der Waals surface area contributed by atoms with Gasteiger partial charge in [-0.25, -0.2) is 4.79 Å². The Kier molecular flexibility index (Phi) is 6.69. The van der Waals surface area contributed by atoms with E-state index in [0.717, 1.165) is 16.3 Å². The lowest BCUT2D eigenvalue weighted by Crippen LogP contribution is -2.35. The lowest BCUT2D eigenvalue weighted by atomic mass is 10.0. The molecule has 0 saturated heterocycles. The molecule has 0 heterocycles. The van der Waals surface area contributed by atoms with Crippen molar-refractivity contribution in [3.05, 3.63) is 77.9 Å². The molecule has 0 aliphatic rings. The van der Waals surface area contributed by atoms with E-state index in [4.69, 9.17) is 10.5 Å². The van der Waals surface area contributed by atoms with Gasteiger partial charge < -0.3 is 21.1 Å². The molecule has 0 atom stereocenters. The molecule has 0 aromatic heterocycles. The average molecular weight is 387 g/mol. The second-order valence-corrected chi connectivity index (χ2v) is 6.18. The largest absolute Gasteiger partial charge is 0.480 e. The van der Waals surface area contributed by atoms with Crippen molar-refractivity contribution in [1.29, 1.82) is 0 Å². The van der Waals surface area contributed by atoms with Crippen molar-refractivity contribution in [2.24, 2.45) is 5.73 Å². The third-order valence-corrected chi connectivity index (χ3v) is 4.23. The number of carbonyl (C=O) groups excluding carboxylic acids is 2. The van der Waals surface area contributed by atoms with Crippen LogP contribution in [0.4, 0.5) is 4.79 Å². The van der Waals surface area contributed by atoms with E-state index in [9.17, 15) is 9.59 Å². The third kappa shape index (κ3) is 5.50. The fraction of sp³-hybridized carbons (Fsp3) is 0.130. The highest BCUT2D eigenvalue weighted by Gasteiger charge is 2.07. The summed E-state index contributed by atoms with van der Waals surface area (Å²) >= 11 is 0. The van der Waals surface area contributed by atoms with E-state index in [1.807, 2.05) is 42.5 Å². The molecule has 0 fully saturated rings. The molecule has 3 aromatic carbocycles. The minimum atomic E-state index is -0.557. The molecule has 0 radical (unpaired) electrons. The Bertz CT molecular complexity index is 1080. The molecule has 0 spiro atoms. The maximum Gasteiger partial charge on any atom is 0.315 e. The Labute approximate surface area is 169 Å². The summed E-state index contributed by atoms with van der Waals surface area (Å²) in [6.45, 7) is 0.694. The fourth-order valence-electron chi connectivity index (χ4n) is 2.83. The van der Waals surface area contributed by atoms with Gasteiger partial charge in [-0.15, -0.1) is 0 Å². The van der Waals surface area contributed by atoms with Crippen molar-refractivity contribution in [3.8, 4) is 17.6 Å². The van der Waals surface area contributed by atoms with E-state index in [-0.39, 0.29) is 19.2 Å². The minimum Gasteiger partial charge on any atom is -0.480 e. The van der Waals surface area contributed by atoms with Crippen molar-refractivity contribution in [2.45, 2.75) is 6.54 Å². The van der Waals surface area contributed by atoms with E-state index in [2.05, 4.69) is 22.5 Å². The Morgan fingerprint density at radius 1 is 0.897 bits per heavy atom. The Hall–Kier alpha value is -3.98. The van der Waals surface area contributed by atoms with Gasteiger partial charge >= 0.3 is 6.03 Å². The van der Waals surface area contributed by atoms with Crippen LogP contribution in [0.25, 0.3) is 10.8 Å². The molecule has 4 N–H and O–H groups in total. The predicted octanol–water partition coefficient (Wildman–Crippen LogP) is 2.82. The molecule has 0 aliphatic carbocycles. The number of benzene rings is 3. The molecular formula is C23H21N3O3. The van der Waals surface area contributed by atoms with E-state index in [0.29, 0.717) is 17.9 Å². The summed E-state index contributed by atoms with van der Waals surface area (Å²) < 4.78 is 5.45. The molecule has 0 unspecified atom stereocenters. The van der Waals surface area contributed by atoms with Gasteiger partial charge in [-0.3, -0.25) is 4.79 Å². The number of nitrogens with one attached hydrogen (secondary N) is 2. The quantitative estimate of drug-likeness (QED) is 0.568. The van der Waals surface area contributed by atoms with Crippen LogP contribution in [-0.4, -0.2) is 25.1 Å². The van der Waals surface area contributed by atoms with Crippen molar-refractivity contribution in [2.75, 3.05) is 13.2 Å². The summed E-state index contributed by atoms with van der Waals surface area (Å²) in [5.41, 5.74) is 6.64. The van der Waals surface area contributed by atoms with E-state index >= 15 is 0 Å². The molecular weight excluding hydrogens is 366 g/mol. The third-order valence-electron chi connectivity index (χ3n) is 4.23. The number of amides is 3. The number of hydrogen-bond donors (Lipinski definition) is 3. The molecule has 3 rings (SSSR count). The monoisotopic (exact) mass is 387 g/mol. The highest BCUT2D eigenvalue weighted by molar-refractivity contribution is 5.95. The van der Waals surface area contributed by atoms with Crippen molar-refractivity contribution in [3.63, 3.8) is 0 Å². The summed E-state index contributed by atoms with van der Waals surface area (Å²) in [5, 5.41) is 7.75. The first kappa shape index (κ1) is 19.8. The van der Waals surface area contributed by atoms with Crippen LogP contribution in [0.2, 0.25) is 0 Å². The molecule has 6 heteroatoms. The number of para-hydroxylation sites is 1. The number of hydrogen-bond acceptors (Lipinski definition) is 3. The SMILES string of the molecule is NC(=O)c1ccccc1OCC#CCNC(=O)NCc1cccc2ccccc12. The lowest BCUT2D eigenvalue weighted by Gasteiger charge is -2.08. The number of nitrogens with two attached hydrogens (primary N) is 1. The van der Waals surface area contributed by atoms with Gasteiger partial charge in [-0.05, 0) is 28.5 Å². The number of rotatable bonds is 6. The number of urea groups is 1. The van der Waals surface area contributed by atoms with Crippen LogP contribution in [0.15, 0.2) is 66.7 Å². The minimum absolute atomic E-state index is 0.0869. The van der Waals surface area contributed by atoms with Gasteiger partial charge in [0.15, 0.2) is 0 Å². The zero-order valence-electron chi connectivity index (χ0n) is 15.8. The van der Waals surface area contributed by atoms with E-state index in [1.54, 1.807) is 24.3 Å². The molecule has 0 bridgehead atoms. The van der Waals surface area contributed by atoms with Crippen molar-refractivity contribution in [1.82, 2.24) is 10.6 Å².